The third kappa shape index (κ3) is 5.80. The van der Waals surface area contributed by atoms with Gasteiger partial charge in [0.15, 0.2) is 0 Å². The minimum Gasteiger partial charge on any atom is -0.288 e. The molecule has 138 valence electrons. The van der Waals surface area contributed by atoms with Gasteiger partial charge in [0.05, 0.1) is 4.90 Å². The molecular weight excluding hydrogens is 352 g/mol. The molecule has 0 fully saturated rings. The number of amides is 1. The molecule has 0 aliphatic rings. The summed E-state index contributed by atoms with van der Waals surface area (Å²) >= 11 is 0. The van der Waals surface area contributed by atoms with Crippen LogP contribution in [0.25, 0.3) is 6.08 Å². The molecule has 0 aromatic heterocycles. The van der Waals surface area contributed by atoms with Crippen molar-refractivity contribution in [1.82, 2.24) is 10.2 Å². The summed E-state index contributed by atoms with van der Waals surface area (Å²) in [5.74, 6) is -0.690. The van der Waals surface area contributed by atoms with E-state index in [1.165, 1.54) is 23.7 Å². The van der Waals surface area contributed by atoms with Gasteiger partial charge < -0.3 is 0 Å². The minimum atomic E-state index is -3.69. The van der Waals surface area contributed by atoms with E-state index in [0.717, 1.165) is 11.6 Å². The van der Waals surface area contributed by atoms with Crippen molar-refractivity contribution in [2.24, 2.45) is 0 Å². The molecule has 0 aliphatic carbocycles. The van der Waals surface area contributed by atoms with Crippen LogP contribution in [0.1, 0.15) is 24.5 Å². The molecule has 0 spiro atoms. The number of rotatable bonds is 8. The molecule has 0 saturated carbocycles. The molecule has 7 heteroatoms. The Kier molecular flexibility index (Phi) is 7.08. The molecule has 0 bridgehead atoms. The third-order valence-corrected chi connectivity index (χ3v) is 5.36. The third-order valence-electron chi connectivity index (χ3n) is 3.85. The molecule has 1 amide bonds. The van der Waals surface area contributed by atoms with Gasteiger partial charge in [-0.2, -0.15) is 0 Å². The Morgan fingerprint density at radius 1 is 1.15 bits per heavy atom. The van der Waals surface area contributed by atoms with Crippen LogP contribution >= 0.6 is 0 Å². The molecule has 2 rings (SSSR count). The molecule has 1 atom stereocenters. The number of carbonyl (C=O) groups is 1. The number of hydrogen-bond acceptors (Lipinski definition) is 4. The van der Waals surface area contributed by atoms with Gasteiger partial charge in [0, 0.05) is 12.1 Å². The molecule has 0 radical (unpaired) electrons. The van der Waals surface area contributed by atoms with Gasteiger partial charge in [-0.1, -0.05) is 49.4 Å². The fourth-order valence-electron chi connectivity index (χ4n) is 2.45. The molecule has 0 heterocycles. The van der Waals surface area contributed by atoms with E-state index in [4.69, 9.17) is 5.21 Å². The Bertz CT molecular complexity index is 864. The van der Waals surface area contributed by atoms with E-state index < -0.39 is 15.9 Å². The van der Waals surface area contributed by atoms with Gasteiger partial charge >= 0.3 is 0 Å². The smallest absolute Gasteiger partial charge is 0.267 e. The first-order valence-corrected chi connectivity index (χ1v) is 9.71. The summed E-state index contributed by atoms with van der Waals surface area (Å²) in [6.07, 6.45) is 3.80. The molecule has 26 heavy (non-hydrogen) atoms. The number of hydroxylamine groups is 1. The fraction of sp³-hybridized carbons (Fsp3) is 0.211. The standard InChI is InChI=1S/C19H22N2O4S/c1-2-17(13-15-7-4-3-5-8-15)21-26(24,25)18-10-6-9-16(14-18)11-12-19(22)20-23/h3-12,14,17,21,23H,2,13H2,1H3,(H,20,22)/b12-11+. The molecule has 3 N–H and O–H groups in total. The zero-order valence-corrected chi connectivity index (χ0v) is 15.2. The molecular formula is C19H22N2O4S. The van der Waals surface area contributed by atoms with Crippen LogP contribution in [-0.4, -0.2) is 25.6 Å². The first-order valence-electron chi connectivity index (χ1n) is 8.23. The zero-order valence-electron chi connectivity index (χ0n) is 14.4. The number of sulfonamides is 1. The second-order valence-electron chi connectivity index (χ2n) is 5.80. The Morgan fingerprint density at radius 2 is 1.88 bits per heavy atom. The average Bonchev–Trinajstić information content (AvgIpc) is 2.66. The molecule has 1 unspecified atom stereocenters. The largest absolute Gasteiger partial charge is 0.288 e. The summed E-state index contributed by atoms with van der Waals surface area (Å²) in [6, 6.07) is 15.7. The van der Waals surface area contributed by atoms with E-state index in [2.05, 4.69) is 4.72 Å². The van der Waals surface area contributed by atoms with E-state index in [-0.39, 0.29) is 10.9 Å². The quantitative estimate of drug-likeness (QED) is 0.376. The minimum absolute atomic E-state index is 0.121. The van der Waals surface area contributed by atoms with Gasteiger partial charge in [0.1, 0.15) is 0 Å². The predicted molar refractivity (Wildman–Crippen MR) is 100.0 cm³/mol. The van der Waals surface area contributed by atoms with Crippen LogP contribution < -0.4 is 10.2 Å². The maximum atomic E-state index is 12.7. The maximum Gasteiger partial charge on any atom is 0.267 e. The van der Waals surface area contributed by atoms with Crippen molar-refractivity contribution >= 4 is 22.0 Å². The highest BCUT2D eigenvalue weighted by Crippen LogP contribution is 2.15. The lowest BCUT2D eigenvalue weighted by Crippen LogP contribution is -2.36. The van der Waals surface area contributed by atoms with Crippen molar-refractivity contribution in [3.8, 4) is 0 Å². The molecule has 2 aromatic rings. The number of carbonyl (C=O) groups excluding carboxylic acids is 1. The van der Waals surface area contributed by atoms with E-state index in [1.807, 2.05) is 37.3 Å². The van der Waals surface area contributed by atoms with Crippen molar-refractivity contribution in [3.63, 3.8) is 0 Å². The lowest BCUT2D eigenvalue weighted by atomic mass is 10.1. The molecule has 2 aromatic carbocycles. The maximum absolute atomic E-state index is 12.7. The first kappa shape index (κ1) is 19.8. The van der Waals surface area contributed by atoms with Crippen molar-refractivity contribution in [1.29, 1.82) is 0 Å². The second kappa shape index (κ2) is 9.28. The highest BCUT2D eigenvalue weighted by Gasteiger charge is 2.19. The molecule has 0 aliphatic heterocycles. The lowest BCUT2D eigenvalue weighted by Gasteiger charge is -2.17. The van der Waals surface area contributed by atoms with Gasteiger partial charge in [-0.05, 0) is 42.2 Å². The van der Waals surface area contributed by atoms with Crippen LogP contribution in [0.2, 0.25) is 0 Å². The van der Waals surface area contributed by atoms with Gasteiger partial charge in [-0.3, -0.25) is 10.0 Å². The van der Waals surface area contributed by atoms with Gasteiger partial charge in [0.25, 0.3) is 5.91 Å². The Hall–Kier alpha value is -2.48. The fourth-order valence-corrected chi connectivity index (χ4v) is 3.82. The van der Waals surface area contributed by atoms with Crippen LogP contribution in [-0.2, 0) is 21.2 Å². The van der Waals surface area contributed by atoms with Crippen LogP contribution in [0.4, 0.5) is 0 Å². The van der Waals surface area contributed by atoms with Crippen molar-refractivity contribution < 1.29 is 18.4 Å². The number of hydrogen-bond donors (Lipinski definition) is 3. The topological polar surface area (TPSA) is 95.5 Å². The van der Waals surface area contributed by atoms with E-state index in [0.29, 0.717) is 18.4 Å². The first-order chi connectivity index (χ1) is 12.4. The summed E-state index contributed by atoms with van der Waals surface area (Å²) in [5.41, 5.74) is 3.08. The average molecular weight is 374 g/mol. The Morgan fingerprint density at radius 3 is 2.54 bits per heavy atom. The van der Waals surface area contributed by atoms with Crippen LogP contribution in [0.15, 0.2) is 65.6 Å². The van der Waals surface area contributed by atoms with Crippen LogP contribution in [0.3, 0.4) is 0 Å². The lowest BCUT2D eigenvalue weighted by molar-refractivity contribution is -0.124. The van der Waals surface area contributed by atoms with E-state index in [9.17, 15) is 13.2 Å². The highest BCUT2D eigenvalue weighted by molar-refractivity contribution is 7.89. The number of benzene rings is 2. The molecule has 6 nitrogen and oxygen atoms in total. The second-order valence-corrected chi connectivity index (χ2v) is 7.51. The monoisotopic (exact) mass is 374 g/mol. The van der Waals surface area contributed by atoms with Gasteiger partial charge in [0.2, 0.25) is 10.0 Å². The summed E-state index contributed by atoms with van der Waals surface area (Å²) in [4.78, 5) is 11.2. The SMILES string of the molecule is CCC(Cc1ccccc1)NS(=O)(=O)c1cccc(/C=C/C(=O)NO)c1. The van der Waals surface area contributed by atoms with Crippen LogP contribution in [0, 0.1) is 0 Å². The normalized spacial score (nSPS) is 12.8. The van der Waals surface area contributed by atoms with Crippen molar-refractivity contribution in [3.05, 3.63) is 71.8 Å². The van der Waals surface area contributed by atoms with Crippen molar-refractivity contribution in [2.45, 2.75) is 30.7 Å². The van der Waals surface area contributed by atoms with Gasteiger partial charge in [-0.15, -0.1) is 0 Å². The highest BCUT2D eigenvalue weighted by atomic mass is 32.2. The molecule has 0 saturated heterocycles. The zero-order chi connectivity index (χ0) is 19.0. The van der Waals surface area contributed by atoms with Crippen molar-refractivity contribution in [2.75, 3.05) is 0 Å². The van der Waals surface area contributed by atoms with E-state index >= 15 is 0 Å². The van der Waals surface area contributed by atoms with Gasteiger partial charge in [-0.25, -0.2) is 18.6 Å². The predicted octanol–water partition coefficient (Wildman–Crippen LogP) is 2.50. The summed E-state index contributed by atoms with van der Waals surface area (Å²) in [5, 5.41) is 8.49. The Labute approximate surface area is 153 Å². The Balaban J connectivity index is 2.15. The van der Waals surface area contributed by atoms with E-state index in [1.54, 1.807) is 12.1 Å². The van der Waals surface area contributed by atoms with Crippen LogP contribution in [0.5, 0.6) is 0 Å². The summed E-state index contributed by atoms with van der Waals surface area (Å²) in [7, 11) is -3.69. The summed E-state index contributed by atoms with van der Waals surface area (Å²) < 4.78 is 28.1. The summed E-state index contributed by atoms with van der Waals surface area (Å²) in [6.45, 7) is 1.93. The number of nitrogens with one attached hydrogen (secondary N) is 2.